The van der Waals surface area contributed by atoms with E-state index >= 15 is 0 Å². The second-order valence-electron chi connectivity index (χ2n) is 7.25. The van der Waals surface area contributed by atoms with E-state index < -0.39 is 0 Å². The molecule has 0 bridgehead atoms. The molecule has 0 saturated carbocycles. The van der Waals surface area contributed by atoms with E-state index in [0.29, 0.717) is 31.3 Å². The first-order chi connectivity index (χ1) is 14.4. The first kappa shape index (κ1) is 17.0. The highest BCUT2D eigenvalue weighted by Gasteiger charge is 2.49. The number of nitrogens with one attached hydrogen (secondary N) is 1. The van der Waals surface area contributed by atoms with Crippen molar-refractivity contribution in [2.24, 2.45) is 0 Å². The summed E-state index contributed by atoms with van der Waals surface area (Å²) in [5.41, 5.74) is 0.855. The van der Waals surface area contributed by atoms with Crippen molar-refractivity contribution >= 4 is 0 Å². The SMILES string of the molecule is c1coc(CNC2COC3C2OCC3n2nnnc2-c2ccc3c(c2)OCO3)c1. The molecule has 2 saturated heterocycles. The minimum atomic E-state index is -0.125. The Morgan fingerprint density at radius 2 is 2.00 bits per heavy atom. The van der Waals surface area contributed by atoms with E-state index in [0.717, 1.165) is 17.1 Å². The van der Waals surface area contributed by atoms with Gasteiger partial charge in [-0.3, -0.25) is 0 Å². The summed E-state index contributed by atoms with van der Waals surface area (Å²) in [5.74, 6) is 2.94. The Balaban J connectivity index is 1.21. The number of tetrazole rings is 1. The highest BCUT2D eigenvalue weighted by atomic mass is 16.7. The molecule has 0 aliphatic carbocycles. The first-order valence-electron chi connectivity index (χ1n) is 9.54. The molecule has 3 aliphatic heterocycles. The number of hydrogen-bond acceptors (Lipinski definition) is 9. The zero-order valence-electron chi connectivity index (χ0n) is 15.4. The Bertz CT molecular complexity index is 1010. The third-order valence-electron chi connectivity index (χ3n) is 5.58. The summed E-state index contributed by atoms with van der Waals surface area (Å²) in [7, 11) is 0. The molecule has 1 aromatic carbocycles. The van der Waals surface area contributed by atoms with Crippen molar-refractivity contribution in [3.05, 3.63) is 42.4 Å². The lowest BCUT2D eigenvalue weighted by Gasteiger charge is -2.18. The van der Waals surface area contributed by atoms with Gasteiger partial charge in [-0.2, -0.15) is 0 Å². The quantitative estimate of drug-likeness (QED) is 0.679. The molecule has 10 nitrogen and oxygen atoms in total. The van der Waals surface area contributed by atoms with Crippen LogP contribution in [0.4, 0.5) is 0 Å². The van der Waals surface area contributed by atoms with Crippen LogP contribution in [0, 0.1) is 0 Å². The van der Waals surface area contributed by atoms with Crippen LogP contribution in [0.15, 0.2) is 41.0 Å². The fourth-order valence-corrected chi connectivity index (χ4v) is 4.15. The van der Waals surface area contributed by atoms with Gasteiger partial charge in [-0.1, -0.05) is 0 Å². The van der Waals surface area contributed by atoms with Crippen molar-refractivity contribution in [1.82, 2.24) is 25.5 Å². The van der Waals surface area contributed by atoms with Crippen LogP contribution in [0.25, 0.3) is 11.4 Å². The summed E-state index contributed by atoms with van der Waals surface area (Å²) < 4.78 is 30.2. The van der Waals surface area contributed by atoms with Gasteiger partial charge in [0.1, 0.15) is 24.0 Å². The van der Waals surface area contributed by atoms with Gasteiger partial charge in [0, 0.05) is 5.56 Å². The van der Waals surface area contributed by atoms with E-state index in [-0.39, 0.29) is 31.1 Å². The Kier molecular flexibility index (Phi) is 3.99. The van der Waals surface area contributed by atoms with Gasteiger partial charge in [-0.05, 0) is 40.8 Å². The number of furan rings is 1. The van der Waals surface area contributed by atoms with Gasteiger partial charge < -0.3 is 28.7 Å². The molecule has 2 fully saturated rings. The molecule has 0 radical (unpaired) electrons. The average Bonchev–Trinajstić information content (AvgIpc) is 3.55. The lowest BCUT2D eigenvalue weighted by atomic mass is 10.1. The summed E-state index contributed by atoms with van der Waals surface area (Å²) in [6.07, 6.45) is 1.48. The van der Waals surface area contributed by atoms with Crippen LogP contribution in [-0.4, -0.2) is 58.5 Å². The summed E-state index contributed by atoms with van der Waals surface area (Å²) in [6, 6.07) is 9.48. The van der Waals surface area contributed by atoms with Gasteiger partial charge in [0.05, 0.1) is 32.1 Å². The van der Waals surface area contributed by atoms with E-state index in [2.05, 4.69) is 20.8 Å². The van der Waals surface area contributed by atoms with Gasteiger partial charge in [0.25, 0.3) is 0 Å². The number of ether oxygens (including phenoxy) is 4. The highest BCUT2D eigenvalue weighted by molar-refractivity contribution is 5.61. The van der Waals surface area contributed by atoms with Crippen molar-refractivity contribution < 1.29 is 23.4 Å². The van der Waals surface area contributed by atoms with E-state index in [9.17, 15) is 0 Å². The van der Waals surface area contributed by atoms with Crippen LogP contribution in [-0.2, 0) is 16.0 Å². The number of benzene rings is 1. The molecule has 10 heteroatoms. The minimum absolute atomic E-state index is 0.0660. The smallest absolute Gasteiger partial charge is 0.231 e. The van der Waals surface area contributed by atoms with Crippen LogP contribution in [0.2, 0.25) is 0 Å². The van der Waals surface area contributed by atoms with Crippen LogP contribution >= 0.6 is 0 Å². The topological polar surface area (TPSA) is 106 Å². The average molecular weight is 397 g/mol. The second kappa shape index (κ2) is 6.83. The van der Waals surface area contributed by atoms with Gasteiger partial charge in [0.15, 0.2) is 17.3 Å². The number of rotatable bonds is 5. The van der Waals surface area contributed by atoms with Crippen molar-refractivity contribution in [2.45, 2.75) is 30.8 Å². The van der Waals surface area contributed by atoms with Gasteiger partial charge >= 0.3 is 0 Å². The van der Waals surface area contributed by atoms with Crippen LogP contribution in [0.3, 0.4) is 0 Å². The molecule has 29 heavy (non-hydrogen) atoms. The summed E-state index contributed by atoms with van der Waals surface area (Å²) in [4.78, 5) is 0. The lowest BCUT2D eigenvalue weighted by Crippen LogP contribution is -2.40. The highest BCUT2D eigenvalue weighted by Crippen LogP contribution is 2.38. The fraction of sp³-hybridized carbons (Fsp3) is 0.421. The lowest BCUT2D eigenvalue weighted by molar-refractivity contribution is 0.0621. The molecule has 2 aromatic heterocycles. The van der Waals surface area contributed by atoms with Gasteiger partial charge in [0.2, 0.25) is 6.79 Å². The molecular formula is C19H19N5O5. The fourth-order valence-electron chi connectivity index (χ4n) is 4.15. The van der Waals surface area contributed by atoms with Crippen LogP contribution in [0.1, 0.15) is 11.8 Å². The second-order valence-corrected chi connectivity index (χ2v) is 7.25. The van der Waals surface area contributed by atoms with Crippen molar-refractivity contribution in [1.29, 1.82) is 0 Å². The maximum Gasteiger partial charge on any atom is 0.231 e. The zero-order chi connectivity index (χ0) is 19.2. The Hall–Kier alpha value is -2.95. The van der Waals surface area contributed by atoms with Crippen molar-refractivity contribution in [3.63, 3.8) is 0 Å². The van der Waals surface area contributed by atoms with E-state index in [1.165, 1.54) is 0 Å². The summed E-state index contributed by atoms with van der Waals surface area (Å²) >= 11 is 0. The molecule has 1 N–H and O–H groups in total. The maximum absolute atomic E-state index is 6.08. The summed E-state index contributed by atoms with van der Waals surface area (Å²) in [6.45, 7) is 1.90. The van der Waals surface area contributed by atoms with Crippen LogP contribution in [0.5, 0.6) is 11.5 Å². The molecule has 0 spiro atoms. The first-order valence-corrected chi connectivity index (χ1v) is 9.54. The van der Waals surface area contributed by atoms with Crippen molar-refractivity contribution in [3.8, 4) is 22.9 Å². The molecule has 150 valence electrons. The van der Waals surface area contributed by atoms with E-state index in [1.54, 1.807) is 10.9 Å². The van der Waals surface area contributed by atoms with Gasteiger partial charge in [-0.25, -0.2) is 4.68 Å². The monoisotopic (exact) mass is 397 g/mol. The van der Waals surface area contributed by atoms with E-state index in [1.807, 2.05) is 30.3 Å². The van der Waals surface area contributed by atoms with Crippen LogP contribution < -0.4 is 14.8 Å². The molecule has 5 heterocycles. The molecule has 4 atom stereocenters. The number of hydrogen-bond donors (Lipinski definition) is 1. The zero-order valence-corrected chi connectivity index (χ0v) is 15.4. The Morgan fingerprint density at radius 1 is 1.07 bits per heavy atom. The number of nitrogens with zero attached hydrogens (tertiary/aromatic N) is 4. The van der Waals surface area contributed by atoms with E-state index in [4.69, 9.17) is 23.4 Å². The predicted molar refractivity (Wildman–Crippen MR) is 97.2 cm³/mol. The van der Waals surface area contributed by atoms with Gasteiger partial charge in [-0.15, -0.1) is 5.10 Å². The minimum Gasteiger partial charge on any atom is -0.468 e. The number of fused-ring (bicyclic) bond motifs is 2. The third-order valence-corrected chi connectivity index (χ3v) is 5.58. The largest absolute Gasteiger partial charge is 0.468 e. The normalized spacial score (nSPS) is 27.4. The summed E-state index contributed by atoms with van der Waals surface area (Å²) in [5, 5.41) is 15.8. The molecule has 3 aromatic rings. The Morgan fingerprint density at radius 3 is 2.93 bits per heavy atom. The molecule has 6 rings (SSSR count). The maximum atomic E-state index is 6.08. The Labute approximate surface area is 165 Å². The van der Waals surface area contributed by atoms with Crippen molar-refractivity contribution in [2.75, 3.05) is 20.0 Å². The third kappa shape index (κ3) is 2.87. The molecular weight excluding hydrogens is 378 g/mol. The molecule has 4 unspecified atom stereocenters. The standard InChI is InChI=1S/C19H19N5O5/c1-2-12(25-5-1)7-20-13-8-26-18-14(9-27-17(13)18)24-19(21-22-23-24)11-3-4-15-16(6-11)29-10-28-15/h1-6,13-14,17-18,20H,7-10H2. The molecule has 0 amide bonds. The predicted octanol–water partition coefficient (Wildman–Crippen LogP) is 1.16. The number of aromatic nitrogens is 4. The molecule has 3 aliphatic rings.